The molecule has 0 aliphatic carbocycles. The van der Waals surface area contributed by atoms with Gasteiger partial charge in [0, 0.05) is 12.6 Å². The summed E-state index contributed by atoms with van der Waals surface area (Å²) in [5.74, 6) is 0.600. The van der Waals surface area contributed by atoms with Crippen molar-refractivity contribution in [2.45, 2.75) is 70.9 Å². The third-order valence-corrected chi connectivity index (χ3v) is 4.77. The number of ether oxygens (including phenoxy) is 1. The number of rotatable bonds is 6. The highest BCUT2D eigenvalue weighted by Crippen LogP contribution is 2.30. The van der Waals surface area contributed by atoms with Gasteiger partial charge in [-0.1, -0.05) is 45.0 Å². The highest BCUT2D eigenvalue weighted by Gasteiger charge is 2.36. The number of hydrogen-bond acceptors (Lipinski definition) is 2. The first-order valence-electron chi connectivity index (χ1n) is 8.51. The molecule has 1 aliphatic rings. The molecule has 1 heterocycles. The Balaban J connectivity index is 2.08. The van der Waals surface area contributed by atoms with Crippen molar-refractivity contribution in [3.05, 3.63) is 35.4 Å². The maximum absolute atomic E-state index is 6.15. The normalized spacial score (nSPS) is 24.2. The van der Waals surface area contributed by atoms with Gasteiger partial charge in [0.1, 0.15) is 0 Å². The highest BCUT2D eigenvalue weighted by atomic mass is 16.5. The summed E-state index contributed by atoms with van der Waals surface area (Å²) < 4.78 is 6.15. The molecule has 1 N–H and O–H groups in total. The molecule has 1 aromatic rings. The molecule has 1 fully saturated rings. The Kier molecular flexibility index (Phi) is 5.83. The van der Waals surface area contributed by atoms with Gasteiger partial charge in [-0.15, -0.1) is 0 Å². The zero-order valence-electron chi connectivity index (χ0n) is 14.1. The Morgan fingerprint density at radius 2 is 1.90 bits per heavy atom. The predicted molar refractivity (Wildman–Crippen MR) is 89.9 cm³/mol. The fourth-order valence-electron chi connectivity index (χ4n) is 3.26. The minimum absolute atomic E-state index is 0.0228. The van der Waals surface area contributed by atoms with Gasteiger partial charge < -0.3 is 10.1 Å². The first-order chi connectivity index (χ1) is 10.0. The van der Waals surface area contributed by atoms with Crippen molar-refractivity contribution in [3.8, 4) is 0 Å². The van der Waals surface area contributed by atoms with Crippen molar-refractivity contribution in [2.75, 3.05) is 13.2 Å². The molecule has 1 aliphatic heterocycles. The van der Waals surface area contributed by atoms with E-state index in [1.807, 2.05) is 0 Å². The Morgan fingerprint density at radius 3 is 2.43 bits per heavy atom. The summed E-state index contributed by atoms with van der Waals surface area (Å²) >= 11 is 0. The van der Waals surface area contributed by atoms with E-state index in [0.717, 1.165) is 26.0 Å². The third kappa shape index (κ3) is 4.31. The Labute approximate surface area is 130 Å². The van der Waals surface area contributed by atoms with Crippen LogP contribution in [0.4, 0.5) is 0 Å². The van der Waals surface area contributed by atoms with Crippen LogP contribution in [-0.4, -0.2) is 24.8 Å². The summed E-state index contributed by atoms with van der Waals surface area (Å²) in [4.78, 5) is 0. The zero-order chi connectivity index (χ0) is 15.3. The van der Waals surface area contributed by atoms with Crippen LogP contribution in [0.15, 0.2) is 24.3 Å². The number of likely N-dealkylation sites (N-methyl/N-ethyl adjacent to an activating group) is 1. The second kappa shape index (κ2) is 7.42. The first kappa shape index (κ1) is 16.5. The molecule has 2 unspecified atom stereocenters. The molecule has 0 spiro atoms. The Morgan fingerprint density at radius 1 is 1.19 bits per heavy atom. The van der Waals surface area contributed by atoms with Crippen molar-refractivity contribution in [1.29, 1.82) is 0 Å². The van der Waals surface area contributed by atoms with Crippen LogP contribution >= 0.6 is 0 Å². The van der Waals surface area contributed by atoms with Gasteiger partial charge in [0.15, 0.2) is 0 Å². The average molecular weight is 289 g/mol. The lowest BCUT2D eigenvalue weighted by Crippen LogP contribution is -2.53. The number of benzene rings is 1. The molecule has 1 saturated heterocycles. The zero-order valence-corrected chi connectivity index (χ0v) is 14.1. The second-order valence-corrected chi connectivity index (χ2v) is 6.83. The summed E-state index contributed by atoms with van der Waals surface area (Å²) in [6, 6.07) is 9.50. The van der Waals surface area contributed by atoms with E-state index in [0.29, 0.717) is 12.0 Å². The van der Waals surface area contributed by atoms with Crippen LogP contribution < -0.4 is 5.32 Å². The topological polar surface area (TPSA) is 21.3 Å². The smallest absolute Gasteiger partial charge is 0.0810 e. The summed E-state index contributed by atoms with van der Waals surface area (Å²) in [6.07, 6.45) is 4.69. The third-order valence-electron chi connectivity index (χ3n) is 4.77. The van der Waals surface area contributed by atoms with Crippen molar-refractivity contribution in [3.63, 3.8) is 0 Å². The van der Waals surface area contributed by atoms with E-state index in [-0.39, 0.29) is 5.60 Å². The lowest BCUT2D eigenvalue weighted by atomic mass is 9.84. The minimum atomic E-state index is -0.0228. The van der Waals surface area contributed by atoms with Gasteiger partial charge >= 0.3 is 0 Å². The molecule has 2 rings (SSSR count). The molecule has 0 radical (unpaired) electrons. The molecule has 118 valence electrons. The Hall–Kier alpha value is -0.860. The monoisotopic (exact) mass is 289 g/mol. The van der Waals surface area contributed by atoms with E-state index in [1.54, 1.807) is 0 Å². The molecule has 1 aromatic carbocycles. The van der Waals surface area contributed by atoms with Gasteiger partial charge in [0.25, 0.3) is 0 Å². The molecule has 2 atom stereocenters. The molecule has 2 heteroatoms. The van der Waals surface area contributed by atoms with Crippen LogP contribution in [-0.2, 0) is 11.2 Å². The SMILES string of the molecule is CCNC(Cc1ccc(C(C)C)cc1)C1(C)CCCCO1. The summed E-state index contributed by atoms with van der Waals surface area (Å²) in [5, 5.41) is 3.65. The van der Waals surface area contributed by atoms with Crippen molar-refractivity contribution < 1.29 is 4.74 Å². The van der Waals surface area contributed by atoms with E-state index in [2.05, 4.69) is 57.3 Å². The number of nitrogens with one attached hydrogen (secondary N) is 1. The molecule has 21 heavy (non-hydrogen) atoms. The summed E-state index contributed by atoms with van der Waals surface area (Å²) in [7, 11) is 0. The van der Waals surface area contributed by atoms with Gasteiger partial charge in [-0.25, -0.2) is 0 Å². The van der Waals surface area contributed by atoms with Crippen LogP contribution in [0.1, 0.15) is 64.0 Å². The minimum Gasteiger partial charge on any atom is -0.374 e. The maximum atomic E-state index is 6.15. The van der Waals surface area contributed by atoms with Crippen LogP contribution in [0.2, 0.25) is 0 Å². The maximum Gasteiger partial charge on any atom is 0.0810 e. The molecular weight excluding hydrogens is 258 g/mol. The van der Waals surface area contributed by atoms with E-state index in [1.165, 1.54) is 24.0 Å². The molecular formula is C19H31NO. The van der Waals surface area contributed by atoms with E-state index < -0.39 is 0 Å². The van der Waals surface area contributed by atoms with Crippen molar-refractivity contribution in [1.82, 2.24) is 5.32 Å². The standard InChI is InChI=1S/C19H31NO/c1-5-20-18(19(4)12-6-7-13-21-19)14-16-8-10-17(11-9-16)15(2)3/h8-11,15,18,20H,5-7,12-14H2,1-4H3. The summed E-state index contributed by atoms with van der Waals surface area (Å²) in [6.45, 7) is 10.8. The lowest BCUT2D eigenvalue weighted by molar-refractivity contribution is -0.0881. The fourth-order valence-corrected chi connectivity index (χ4v) is 3.26. The van der Waals surface area contributed by atoms with E-state index in [4.69, 9.17) is 4.74 Å². The van der Waals surface area contributed by atoms with E-state index in [9.17, 15) is 0 Å². The largest absolute Gasteiger partial charge is 0.374 e. The second-order valence-electron chi connectivity index (χ2n) is 6.83. The summed E-state index contributed by atoms with van der Waals surface area (Å²) in [5.41, 5.74) is 2.80. The molecule has 0 saturated carbocycles. The Bertz CT molecular complexity index is 418. The van der Waals surface area contributed by atoms with Crippen LogP contribution in [0.3, 0.4) is 0 Å². The molecule has 0 amide bonds. The molecule has 0 aromatic heterocycles. The van der Waals surface area contributed by atoms with Gasteiger partial charge in [-0.3, -0.25) is 0 Å². The van der Waals surface area contributed by atoms with Gasteiger partial charge in [-0.05, 0) is 56.2 Å². The van der Waals surface area contributed by atoms with Crippen LogP contribution in [0.25, 0.3) is 0 Å². The van der Waals surface area contributed by atoms with Gasteiger partial charge in [0.2, 0.25) is 0 Å². The average Bonchev–Trinajstić information content (AvgIpc) is 2.48. The van der Waals surface area contributed by atoms with Crippen molar-refractivity contribution >= 4 is 0 Å². The van der Waals surface area contributed by atoms with E-state index >= 15 is 0 Å². The van der Waals surface area contributed by atoms with Crippen LogP contribution in [0, 0.1) is 0 Å². The van der Waals surface area contributed by atoms with Crippen molar-refractivity contribution in [2.24, 2.45) is 0 Å². The number of hydrogen-bond donors (Lipinski definition) is 1. The van der Waals surface area contributed by atoms with Gasteiger partial charge in [0.05, 0.1) is 5.60 Å². The van der Waals surface area contributed by atoms with Gasteiger partial charge in [-0.2, -0.15) is 0 Å². The quantitative estimate of drug-likeness (QED) is 0.843. The highest BCUT2D eigenvalue weighted by molar-refractivity contribution is 5.25. The first-order valence-corrected chi connectivity index (χ1v) is 8.51. The predicted octanol–water partition coefficient (Wildman–Crippen LogP) is 4.29. The van der Waals surface area contributed by atoms with Crippen LogP contribution in [0.5, 0.6) is 0 Å². The molecule has 2 nitrogen and oxygen atoms in total. The molecule has 0 bridgehead atoms. The fraction of sp³-hybridized carbons (Fsp3) is 0.684. The lowest BCUT2D eigenvalue weighted by Gasteiger charge is -2.41.